The van der Waals surface area contributed by atoms with Gasteiger partial charge in [-0.2, -0.15) is 10.2 Å². The maximum atomic E-state index is 5.94. The van der Waals surface area contributed by atoms with Gasteiger partial charge < -0.3 is 0 Å². The van der Waals surface area contributed by atoms with Crippen molar-refractivity contribution in [1.82, 2.24) is 10.2 Å². The zero-order valence-electron chi connectivity index (χ0n) is 9.31. The molecular formula is C13H13ClN2. The second-order valence-electron chi connectivity index (χ2n) is 3.87. The van der Waals surface area contributed by atoms with E-state index < -0.39 is 0 Å². The number of halogens is 1. The molecule has 0 aliphatic rings. The van der Waals surface area contributed by atoms with Crippen molar-refractivity contribution >= 4 is 11.6 Å². The van der Waals surface area contributed by atoms with Crippen LogP contribution in [0.3, 0.4) is 0 Å². The van der Waals surface area contributed by atoms with E-state index in [1.165, 1.54) is 11.1 Å². The number of hydrogen-bond donors (Lipinski definition) is 0. The molecule has 0 aliphatic carbocycles. The first kappa shape index (κ1) is 11.1. The molecule has 0 N–H and O–H groups in total. The first-order valence-electron chi connectivity index (χ1n) is 5.22. The molecule has 2 aromatic rings. The molecule has 1 unspecified atom stereocenters. The van der Waals surface area contributed by atoms with E-state index in [0.29, 0.717) is 0 Å². The van der Waals surface area contributed by atoms with Crippen molar-refractivity contribution in [3.05, 3.63) is 58.4 Å². The van der Waals surface area contributed by atoms with E-state index in [9.17, 15) is 0 Å². The Morgan fingerprint density at radius 1 is 1.25 bits per heavy atom. The Hall–Kier alpha value is -1.41. The van der Waals surface area contributed by atoms with Crippen LogP contribution < -0.4 is 0 Å². The summed E-state index contributed by atoms with van der Waals surface area (Å²) in [6.07, 6.45) is 1.69. The van der Waals surface area contributed by atoms with Gasteiger partial charge in [-0.1, -0.05) is 24.6 Å². The summed E-state index contributed by atoms with van der Waals surface area (Å²) < 4.78 is 0. The lowest BCUT2D eigenvalue weighted by molar-refractivity contribution is 0.817. The Balaban J connectivity index is 2.38. The second kappa shape index (κ2) is 4.62. The Morgan fingerprint density at radius 2 is 2.06 bits per heavy atom. The number of aryl methyl sites for hydroxylation is 1. The Morgan fingerprint density at radius 3 is 2.69 bits per heavy atom. The van der Waals surface area contributed by atoms with Crippen LogP contribution in [0.15, 0.2) is 36.5 Å². The zero-order valence-corrected chi connectivity index (χ0v) is 10.1. The predicted molar refractivity (Wildman–Crippen MR) is 65.7 cm³/mol. The summed E-state index contributed by atoms with van der Waals surface area (Å²) in [7, 11) is 0. The topological polar surface area (TPSA) is 25.8 Å². The molecule has 16 heavy (non-hydrogen) atoms. The van der Waals surface area contributed by atoms with Crippen LogP contribution in [0.5, 0.6) is 0 Å². The van der Waals surface area contributed by atoms with Crippen LogP contribution in [-0.4, -0.2) is 10.2 Å². The second-order valence-corrected chi connectivity index (χ2v) is 4.31. The fraction of sp³-hybridized carbons (Fsp3) is 0.231. The summed E-state index contributed by atoms with van der Waals surface area (Å²) in [5, 5.41) is 8.81. The minimum Gasteiger partial charge on any atom is -0.159 e. The van der Waals surface area contributed by atoms with Crippen LogP contribution in [-0.2, 0) is 0 Å². The third-order valence-corrected chi connectivity index (χ3v) is 2.97. The van der Waals surface area contributed by atoms with Gasteiger partial charge >= 0.3 is 0 Å². The minimum absolute atomic E-state index is 0.242. The van der Waals surface area contributed by atoms with E-state index in [-0.39, 0.29) is 5.92 Å². The average molecular weight is 233 g/mol. The van der Waals surface area contributed by atoms with Crippen molar-refractivity contribution in [2.75, 3.05) is 0 Å². The van der Waals surface area contributed by atoms with Crippen molar-refractivity contribution < 1.29 is 0 Å². The smallest absolute Gasteiger partial charge is 0.0703 e. The molecule has 0 amide bonds. The lowest BCUT2D eigenvalue weighted by Gasteiger charge is -2.13. The summed E-state index contributed by atoms with van der Waals surface area (Å²) in [4.78, 5) is 0. The first-order valence-corrected chi connectivity index (χ1v) is 5.60. The fourth-order valence-corrected chi connectivity index (χ4v) is 2.06. The Kier molecular flexibility index (Phi) is 3.20. The first-order chi connectivity index (χ1) is 7.68. The SMILES string of the molecule is Cc1cc(Cl)ccc1C(C)c1cccnn1. The summed E-state index contributed by atoms with van der Waals surface area (Å²) in [6.45, 7) is 4.19. The van der Waals surface area contributed by atoms with E-state index in [4.69, 9.17) is 11.6 Å². The van der Waals surface area contributed by atoms with E-state index in [0.717, 1.165) is 10.7 Å². The number of benzene rings is 1. The molecule has 0 bridgehead atoms. The minimum atomic E-state index is 0.242. The highest BCUT2D eigenvalue weighted by Crippen LogP contribution is 2.26. The van der Waals surface area contributed by atoms with Gasteiger partial charge in [0, 0.05) is 17.1 Å². The van der Waals surface area contributed by atoms with Gasteiger partial charge in [-0.15, -0.1) is 0 Å². The van der Waals surface area contributed by atoms with Crippen molar-refractivity contribution in [3.63, 3.8) is 0 Å². The molecule has 1 heterocycles. The summed E-state index contributed by atoms with van der Waals surface area (Å²) in [5.74, 6) is 0.242. The highest BCUT2D eigenvalue weighted by molar-refractivity contribution is 6.30. The average Bonchev–Trinajstić information content (AvgIpc) is 2.29. The molecule has 2 rings (SSSR count). The van der Waals surface area contributed by atoms with Crippen LogP contribution in [0, 0.1) is 6.92 Å². The van der Waals surface area contributed by atoms with Gasteiger partial charge in [0.05, 0.1) is 5.69 Å². The number of nitrogens with zero attached hydrogens (tertiary/aromatic N) is 2. The lowest BCUT2D eigenvalue weighted by atomic mass is 9.94. The Labute approximate surface area is 100 Å². The molecule has 0 fully saturated rings. The molecule has 0 radical (unpaired) electrons. The van der Waals surface area contributed by atoms with Gasteiger partial charge in [0.15, 0.2) is 0 Å². The van der Waals surface area contributed by atoms with Crippen LogP contribution in [0.1, 0.15) is 29.7 Å². The summed E-state index contributed by atoms with van der Waals surface area (Å²) in [5.41, 5.74) is 3.41. The monoisotopic (exact) mass is 232 g/mol. The van der Waals surface area contributed by atoms with E-state index in [1.54, 1.807) is 6.20 Å². The van der Waals surface area contributed by atoms with Crippen molar-refractivity contribution in [3.8, 4) is 0 Å². The highest BCUT2D eigenvalue weighted by atomic mass is 35.5. The van der Waals surface area contributed by atoms with Crippen LogP contribution >= 0.6 is 11.6 Å². The molecule has 2 nitrogen and oxygen atoms in total. The normalized spacial score (nSPS) is 12.4. The standard InChI is InChI=1S/C13H13ClN2/c1-9-8-11(14)5-6-12(9)10(2)13-4-3-7-15-16-13/h3-8,10H,1-2H3. The summed E-state index contributed by atoms with van der Waals surface area (Å²) >= 11 is 5.94. The molecule has 3 heteroatoms. The lowest BCUT2D eigenvalue weighted by Crippen LogP contribution is -2.01. The zero-order chi connectivity index (χ0) is 11.5. The van der Waals surface area contributed by atoms with Crippen LogP contribution in [0.4, 0.5) is 0 Å². The molecule has 1 aromatic heterocycles. The van der Waals surface area contributed by atoms with E-state index in [1.807, 2.05) is 24.3 Å². The van der Waals surface area contributed by atoms with E-state index >= 15 is 0 Å². The largest absolute Gasteiger partial charge is 0.159 e. The molecule has 0 spiro atoms. The molecule has 1 atom stereocenters. The van der Waals surface area contributed by atoms with Gasteiger partial charge in [0.2, 0.25) is 0 Å². The molecular weight excluding hydrogens is 220 g/mol. The Bertz CT molecular complexity index is 483. The molecule has 0 saturated heterocycles. The molecule has 0 aliphatic heterocycles. The highest BCUT2D eigenvalue weighted by Gasteiger charge is 2.12. The van der Waals surface area contributed by atoms with Gasteiger partial charge in [0.1, 0.15) is 0 Å². The molecule has 1 aromatic carbocycles. The maximum Gasteiger partial charge on any atom is 0.0703 e. The van der Waals surface area contributed by atoms with Crippen LogP contribution in [0.2, 0.25) is 5.02 Å². The quantitative estimate of drug-likeness (QED) is 0.791. The van der Waals surface area contributed by atoms with Crippen molar-refractivity contribution in [2.45, 2.75) is 19.8 Å². The van der Waals surface area contributed by atoms with Crippen LogP contribution in [0.25, 0.3) is 0 Å². The van der Waals surface area contributed by atoms with Crippen molar-refractivity contribution in [1.29, 1.82) is 0 Å². The summed E-state index contributed by atoms with van der Waals surface area (Å²) in [6, 6.07) is 9.84. The third-order valence-electron chi connectivity index (χ3n) is 2.73. The number of rotatable bonds is 2. The molecule has 0 saturated carbocycles. The third kappa shape index (κ3) is 2.22. The fourth-order valence-electron chi connectivity index (χ4n) is 1.83. The number of aromatic nitrogens is 2. The predicted octanol–water partition coefficient (Wildman–Crippen LogP) is 3.59. The van der Waals surface area contributed by atoms with E-state index in [2.05, 4.69) is 30.1 Å². The maximum absolute atomic E-state index is 5.94. The van der Waals surface area contributed by atoms with Gasteiger partial charge in [-0.25, -0.2) is 0 Å². The number of hydrogen-bond acceptors (Lipinski definition) is 2. The van der Waals surface area contributed by atoms with Crippen molar-refractivity contribution in [2.24, 2.45) is 0 Å². The van der Waals surface area contributed by atoms with Gasteiger partial charge in [-0.3, -0.25) is 0 Å². The molecule has 82 valence electrons. The van der Waals surface area contributed by atoms with Gasteiger partial charge in [-0.05, 0) is 42.3 Å². The van der Waals surface area contributed by atoms with Gasteiger partial charge in [0.25, 0.3) is 0 Å².